The smallest absolute Gasteiger partial charge is 0.402 e. The Hall–Kier alpha value is -1.55. The van der Waals surface area contributed by atoms with Gasteiger partial charge in [-0.3, -0.25) is 9.35 Å². The molecule has 23 heavy (non-hydrogen) atoms. The van der Waals surface area contributed by atoms with Crippen LogP contribution in [0.5, 0.6) is 0 Å². The molecule has 0 aromatic carbocycles. The van der Waals surface area contributed by atoms with Crippen molar-refractivity contribution in [2.24, 2.45) is 17.8 Å². The van der Waals surface area contributed by atoms with E-state index in [1.165, 1.54) is 0 Å². The Bertz CT molecular complexity index is 616. The first-order chi connectivity index (χ1) is 10.5. The number of rotatable bonds is 6. The number of hydrogen-bond donors (Lipinski definition) is 1. The van der Waals surface area contributed by atoms with Crippen molar-refractivity contribution in [3.8, 4) is 0 Å². The third kappa shape index (κ3) is 3.69. The summed E-state index contributed by atoms with van der Waals surface area (Å²) >= 11 is 0. The molecule has 10 heteroatoms. The van der Waals surface area contributed by atoms with Gasteiger partial charge in [-0.25, -0.2) is 4.79 Å². The normalized spacial score (nSPS) is 30.0. The topological polar surface area (TPSA) is 107 Å². The fourth-order valence-electron chi connectivity index (χ4n) is 3.23. The van der Waals surface area contributed by atoms with E-state index in [4.69, 9.17) is 9.29 Å². The standard InChI is InChI=1S/C13H16F2O7S/c1-2-11(16)22-10-5-7-3-8(10)9(4-7)12(17)21-6-13(14,15)23(18,19)20/h2,7-10H,1,3-6H2,(H,18,19,20). The van der Waals surface area contributed by atoms with Gasteiger partial charge >= 0.3 is 27.3 Å². The van der Waals surface area contributed by atoms with Gasteiger partial charge in [0.2, 0.25) is 0 Å². The Morgan fingerprint density at radius 1 is 1.30 bits per heavy atom. The third-order valence-corrected chi connectivity index (χ3v) is 5.12. The van der Waals surface area contributed by atoms with Gasteiger partial charge in [-0.15, -0.1) is 0 Å². The first kappa shape index (κ1) is 17.8. The summed E-state index contributed by atoms with van der Waals surface area (Å²) in [5.74, 6) is -2.60. The number of carbonyl (C=O) groups is 2. The number of hydrogen-bond acceptors (Lipinski definition) is 6. The van der Waals surface area contributed by atoms with Crippen molar-refractivity contribution in [2.75, 3.05) is 6.61 Å². The highest BCUT2D eigenvalue weighted by Gasteiger charge is 2.52. The molecule has 0 aromatic rings. The molecule has 4 atom stereocenters. The van der Waals surface area contributed by atoms with E-state index in [1.807, 2.05) is 0 Å². The van der Waals surface area contributed by atoms with Crippen LogP contribution in [0.25, 0.3) is 0 Å². The molecule has 130 valence electrons. The number of carbonyl (C=O) groups excluding carboxylic acids is 2. The van der Waals surface area contributed by atoms with Gasteiger partial charge in [0, 0.05) is 12.0 Å². The molecule has 0 aromatic heterocycles. The predicted molar refractivity (Wildman–Crippen MR) is 71.9 cm³/mol. The zero-order chi connectivity index (χ0) is 17.4. The molecule has 2 bridgehead atoms. The highest BCUT2D eigenvalue weighted by Crippen LogP contribution is 2.50. The van der Waals surface area contributed by atoms with Crippen molar-refractivity contribution >= 4 is 22.1 Å². The number of esters is 2. The lowest BCUT2D eigenvalue weighted by Gasteiger charge is -2.27. The Labute approximate surface area is 131 Å². The van der Waals surface area contributed by atoms with Crippen LogP contribution in [0.4, 0.5) is 8.78 Å². The van der Waals surface area contributed by atoms with Gasteiger partial charge in [0.05, 0.1) is 5.92 Å². The summed E-state index contributed by atoms with van der Waals surface area (Å²) in [4.78, 5) is 23.2. The zero-order valence-corrected chi connectivity index (χ0v) is 12.8. The summed E-state index contributed by atoms with van der Waals surface area (Å²) in [6, 6.07) is 0. The minimum atomic E-state index is -5.65. The minimum absolute atomic E-state index is 0.113. The lowest BCUT2D eigenvalue weighted by Crippen LogP contribution is -2.38. The van der Waals surface area contributed by atoms with Gasteiger partial charge in [-0.1, -0.05) is 6.58 Å². The van der Waals surface area contributed by atoms with E-state index in [1.54, 1.807) is 0 Å². The van der Waals surface area contributed by atoms with Gasteiger partial charge in [0.15, 0.2) is 6.61 Å². The highest BCUT2D eigenvalue weighted by molar-refractivity contribution is 7.86. The largest absolute Gasteiger partial charge is 0.459 e. The zero-order valence-electron chi connectivity index (χ0n) is 12.0. The van der Waals surface area contributed by atoms with Crippen LogP contribution in [-0.2, 0) is 29.2 Å². The van der Waals surface area contributed by atoms with E-state index in [0.717, 1.165) is 6.08 Å². The van der Waals surface area contributed by atoms with Gasteiger partial charge in [0.1, 0.15) is 6.10 Å². The lowest BCUT2D eigenvalue weighted by atomic mass is 9.86. The Kier molecular flexibility index (Phi) is 4.76. The molecule has 1 N–H and O–H groups in total. The number of ether oxygens (including phenoxy) is 2. The molecule has 0 saturated heterocycles. The monoisotopic (exact) mass is 354 g/mol. The molecule has 4 unspecified atom stereocenters. The van der Waals surface area contributed by atoms with Crippen LogP contribution in [0.1, 0.15) is 19.3 Å². The summed E-state index contributed by atoms with van der Waals surface area (Å²) < 4.78 is 64.9. The quantitative estimate of drug-likeness (QED) is 0.433. The Morgan fingerprint density at radius 3 is 2.48 bits per heavy atom. The SMILES string of the molecule is C=CC(=O)OC1CC2CC(C(=O)OCC(F)(F)S(=O)(=O)O)C1C2. The molecule has 0 heterocycles. The molecule has 0 spiro atoms. The summed E-state index contributed by atoms with van der Waals surface area (Å²) in [5.41, 5.74) is 0. The third-order valence-electron chi connectivity index (χ3n) is 4.25. The second-order valence-electron chi connectivity index (χ2n) is 5.74. The van der Waals surface area contributed by atoms with Crippen molar-refractivity contribution in [3.05, 3.63) is 12.7 Å². The van der Waals surface area contributed by atoms with E-state index in [0.29, 0.717) is 19.3 Å². The van der Waals surface area contributed by atoms with Crippen molar-refractivity contribution in [3.63, 3.8) is 0 Å². The van der Waals surface area contributed by atoms with Crippen molar-refractivity contribution in [1.82, 2.24) is 0 Å². The highest BCUT2D eigenvalue weighted by atomic mass is 32.2. The Balaban J connectivity index is 1.96. The van der Waals surface area contributed by atoms with Gasteiger partial charge in [-0.05, 0) is 25.2 Å². The van der Waals surface area contributed by atoms with Crippen LogP contribution in [0.3, 0.4) is 0 Å². The summed E-state index contributed by atoms with van der Waals surface area (Å²) in [6.07, 6.45) is 2.06. The van der Waals surface area contributed by atoms with Crippen molar-refractivity contribution in [2.45, 2.75) is 30.6 Å². The predicted octanol–water partition coefficient (Wildman–Crippen LogP) is 1.15. The second kappa shape index (κ2) is 6.16. The number of alkyl halides is 2. The molecular weight excluding hydrogens is 338 g/mol. The van der Waals surface area contributed by atoms with E-state index in [9.17, 15) is 26.8 Å². The molecule has 0 radical (unpaired) electrons. The molecule has 2 fully saturated rings. The van der Waals surface area contributed by atoms with Crippen LogP contribution < -0.4 is 0 Å². The van der Waals surface area contributed by atoms with E-state index in [-0.39, 0.29) is 11.8 Å². The van der Waals surface area contributed by atoms with Crippen molar-refractivity contribution in [1.29, 1.82) is 0 Å². The molecule has 0 aliphatic heterocycles. The lowest BCUT2D eigenvalue weighted by molar-refractivity contribution is -0.162. The number of halogens is 2. The first-order valence-corrected chi connectivity index (χ1v) is 8.33. The van der Waals surface area contributed by atoms with Crippen LogP contribution in [0, 0.1) is 17.8 Å². The van der Waals surface area contributed by atoms with Gasteiger partial charge < -0.3 is 9.47 Å². The molecule has 0 amide bonds. The fourth-order valence-corrected chi connectivity index (χ4v) is 3.43. The van der Waals surface area contributed by atoms with Gasteiger partial charge in [0.25, 0.3) is 0 Å². The summed E-state index contributed by atoms with van der Waals surface area (Å²) in [5, 5.41) is -4.56. The molecule has 2 rings (SSSR count). The van der Waals surface area contributed by atoms with Gasteiger partial charge in [-0.2, -0.15) is 17.2 Å². The summed E-state index contributed by atoms with van der Waals surface area (Å²) in [7, 11) is -5.65. The van der Waals surface area contributed by atoms with Crippen LogP contribution in [0.15, 0.2) is 12.7 Å². The Morgan fingerprint density at radius 2 is 1.96 bits per heavy atom. The molecule has 2 saturated carbocycles. The minimum Gasteiger partial charge on any atom is -0.459 e. The maximum Gasteiger partial charge on any atom is 0.402 e. The molecular formula is C13H16F2O7S. The maximum atomic E-state index is 13.1. The number of fused-ring (bicyclic) bond motifs is 2. The summed E-state index contributed by atoms with van der Waals surface area (Å²) in [6.45, 7) is 1.51. The second-order valence-corrected chi connectivity index (χ2v) is 7.29. The maximum absolute atomic E-state index is 13.1. The van der Waals surface area contributed by atoms with Crippen LogP contribution >= 0.6 is 0 Å². The molecule has 2 aliphatic carbocycles. The first-order valence-electron chi connectivity index (χ1n) is 6.89. The van der Waals surface area contributed by atoms with Crippen LogP contribution in [-0.4, -0.2) is 42.9 Å². The van der Waals surface area contributed by atoms with E-state index in [2.05, 4.69) is 11.3 Å². The van der Waals surface area contributed by atoms with Crippen LogP contribution in [0.2, 0.25) is 0 Å². The van der Waals surface area contributed by atoms with E-state index >= 15 is 0 Å². The average Bonchev–Trinajstić information content (AvgIpc) is 3.03. The van der Waals surface area contributed by atoms with E-state index < -0.39 is 45.9 Å². The van der Waals surface area contributed by atoms with Crippen molar-refractivity contribution < 1.29 is 40.8 Å². The molecule has 2 aliphatic rings. The molecule has 7 nitrogen and oxygen atoms in total. The average molecular weight is 354 g/mol. The fraction of sp³-hybridized carbons (Fsp3) is 0.692.